The Morgan fingerprint density at radius 1 is 1.39 bits per heavy atom. The Balaban J connectivity index is 1.89. The van der Waals surface area contributed by atoms with Crippen LogP contribution in [0.3, 0.4) is 0 Å². The van der Waals surface area contributed by atoms with E-state index in [0.717, 1.165) is 5.56 Å². The van der Waals surface area contributed by atoms with Gasteiger partial charge in [-0.05, 0) is 35.4 Å². The highest BCUT2D eigenvalue weighted by atomic mass is 32.1. The highest BCUT2D eigenvalue weighted by Crippen LogP contribution is 2.12. The van der Waals surface area contributed by atoms with E-state index in [1.807, 2.05) is 23.8 Å². The number of nitrogens with one attached hydrogen (secondary N) is 2. The van der Waals surface area contributed by atoms with Gasteiger partial charge in [-0.2, -0.15) is 11.3 Å². The third-order valence-corrected chi connectivity index (χ3v) is 4.00. The third kappa shape index (κ3) is 3.24. The summed E-state index contributed by atoms with van der Waals surface area (Å²) in [6.45, 7) is 2.67. The first-order valence-corrected chi connectivity index (χ1v) is 8.08. The minimum Gasteiger partial charge on any atom is -0.478 e. The number of aromatic nitrogens is 2. The van der Waals surface area contributed by atoms with E-state index in [4.69, 9.17) is 4.74 Å². The van der Waals surface area contributed by atoms with E-state index in [1.54, 1.807) is 23.5 Å². The lowest BCUT2D eigenvalue weighted by Gasteiger charge is -2.06. The Morgan fingerprint density at radius 2 is 2.26 bits per heavy atom. The molecule has 0 atom stereocenters. The summed E-state index contributed by atoms with van der Waals surface area (Å²) >= 11 is 1.56. The second kappa shape index (κ2) is 6.62. The zero-order valence-corrected chi connectivity index (χ0v) is 13.3. The number of rotatable bonds is 5. The van der Waals surface area contributed by atoms with Gasteiger partial charge < -0.3 is 15.0 Å². The molecule has 118 valence electrons. The minimum atomic E-state index is -0.428. The van der Waals surface area contributed by atoms with Gasteiger partial charge in [-0.3, -0.25) is 9.59 Å². The molecule has 0 aromatic carbocycles. The Kier molecular flexibility index (Phi) is 4.38. The van der Waals surface area contributed by atoms with Crippen LogP contribution in [0.4, 0.5) is 0 Å². The van der Waals surface area contributed by atoms with Crippen molar-refractivity contribution in [2.75, 3.05) is 6.61 Å². The molecule has 6 nitrogen and oxygen atoms in total. The topological polar surface area (TPSA) is 84.1 Å². The molecule has 0 unspecified atom stereocenters. The van der Waals surface area contributed by atoms with Gasteiger partial charge in [0.2, 0.25) is 11.3 Å². The van der Waals surface area contributed by atoms with E-state index >= 15 is 0 Å². The van der Waals surface area contributed by atoms with Crippen molar-refractivity contribution in [3.63, 3.8) is 0 Å². The van der Waals surface area contributed by atoms with Gasteiger partial charge in [0.05, 0.1) is 12.1 Å². The van der Waals surface area contributed by atoms with Crippen molar-refractivity contribution in [3.05, 3.63) is 56.5 Å². The number of carbonyl (C=O) groups excluding carboxylic acids is 1. The highest BCUT2D eigenvalue weighted by molar-refractivity contribution is 7.07. The average Bonchev–Trinajstić information content (AvgIpc) is 3.07. The summed E-state index contributed by atoms with van der Waals surface area (Å²) in [5, 5.41) is 6.61. The fourth-order valence-corrected chi connectivity index (χ4v) is 2.81. The predicted molar refractivity (Wildman–Crippen MR) is 89.0 cm³/mol. The molecule has 0 aliphatic heterocycles. The first-order valence-electron chi connectivity index (χ1n) is 7.13. The smallest absolute Gasteiger partial charge is 0.257 e. The van der Waals surface area contributed by atoms with Gasteiger partial charge in [-0.1, -0.05) is 0 Å². The molecule has 2 N–H and O–H groups in total. The maximum absolute atomic E-state index is 12.5. The second-order valence-electron chi connectivity index (χ2n) is 4.82. The second-order valence-corrected chi connectivity index (χ2v) is 5.60. The molecule has 0 aliphatic rings. The van der Waals surface area contributed by atoms with Gasteiger partial charge in [0.25, 0.3) is 5.91 Å². The van der Waals surface area contributed by atoms with Gasteiger partial charge >= 0.3 is 0 Å². The molecule has 3 aromatic heterocycles. The standard InChI is InChI=1S/C16H15N3O3S/c1-2-22-13-4-3-12-14(19-13)15(20)11(8-17-12)16(21)18-7-10-5-6-23-9-10/h3-6,8-9H,2,7H2,1H3,(H,17,20)(H,18,21). The molecule has 0 saturated heterocycles. The molecule has 1 amide bonds. The average molecular weight is 329 g/mol. The Labute approximate surface area is 136 Å². The summed E-state index contributed by atoms with van der Waals surface area (Å²) in [6, 6.07) is 5.31. The van der Waals surface area contributed by atoms with Crippen LogP contribution < -0.4 is 15.5 Å². The van der Waals surface area contributed by atoms with E-state index in [1.165, 1.54) is 6.20 Å². The SMILES string of the molecule is CCOc1ccc2[nH]cc(C(=O)NCc3ccsc3)c(=O)c2n1. The van der Waals surface area contributed by atoms with Crippen molar-refractivity contribution in [2.24, 2.45) is 0 Å². The maximum atomic E-state index is 12.5. The number of aromatic amines is 1. The highest BCUT2D eigenvalue weighted by Gasteiger charge is 2.14. The van der Waals surface area contributed by atoms with Crippen LogP contribution in [-0.2, 0) is 6.54 Å². The lowest BCUT2D eigenvalue weighted by atomic mass is 10.2. The van der Waals surface area contributed by atoms with Crippen LogP contribution in [0.1, 0.15) is 22.8 Å². The number of nitrogens with zero attached hydrogens (tertiary/aromatic N) is 1. The number of thiophene rings is 1. The number of amides is 1. The minimum absolute atomic E-state index is 0.0360. The summed E-state index contributed by atoms with van der Waals surface area (Å²) in [4.78, 5) is 31.8. The molecule has 3 rings (SSSR count). The number of hydrogen-bond donors (Lipinski definition) is 2. The first-order chi connectivity index (χ1) is 11.2. The predicted octanol–water partition coefficient (Wildman–Crippen LogP) is 2.31. The number of pyridine rings is 2. The number of carbonyl (C=O) groups is 1. The molecule has 0 saturated carbocycles. The molecule has 7 heteroatoms. The van der Waals surface area contributed by atoms with E-state index in [0.29, 0.717) is 24.5 Å². The largest absolute Gasteiger partial charge is 0.478 e. The lowest BCUT2D eigenvalue weighted by molar-refractivity contribution is 0.0949. The molecule has 0 bridgehead atoms. The number of ether oxygens (including phenoxy) is 1. The summed E-state index contributed by atoms with van der Waals surface area (Å²) in [7, 11) is 0. The fraction of sp³-hybridized carbons (Fsp3) is 0.188. The molecule has 3 aromatic rings. The third-order valence-electron chi connectivity index (χ3n) is 3.27. The van der Waals surface area contributed by atoms with Gasteiger partial charge in [0.15, 0.2) is 0 Å². The molecule has 23 heavy (non-hydrogen) atoms. The van der Waals surface area contributed by atoms with Gasteiger partial charge in [0, 0.05) is 18.8 Å². The summed E-state index contributed by atoms with van der Waals surface area (Å²) in [5.41, 5.74) is 1.38. The Hall–Kier alpha value is -2.67. The van der Waals surface area contributed by atoms with Crippen molar-refractivity contribution < 1.29 is 9.53 Å². The fourth-order valence-electron chi connectivity index (χ4n) is 2.14. The van der Waals surface area contributed by atoms with Crippen LogP contribution in [0, 0.1) is 0 Å². The van der Waals surface area contributed by atoms with Crippen molar-refractivity contribution in [3.8, 4) is 5.88 Å². The van der Waals surface area contributed by atoms with Crippen LogP contribution in [0.2, 0.25) is 0 Å². The van der Waals surface area contributed by atoms with Crippen LogP contribution in [0.25, 0.3) is 11.0 Å². The van der Waals surface area contributed by atoms with Crippen LogP contribution >= 0.6 is 11.3 Å². The maximum Gasteiger partial charge on any atom is 0.257 e. The lowest BCUT2D eigenvalue weighted by Crippen LogP contribution is -2.28. The zero-order valence-electron chi connectivity index (χ0n) is 12.5. The number of hydrogen-bond acceptors (Lipinski definition) is 5. The molecule has 0 spiro atoms. The van der Waals surface area contributed by atoms with Gasteiger partial charge in [0.1, 0.15) is 11.1 Å². The monoisotopic (exact) mass is 329 g/mol. The zero-order chi connectivity index (χ0) is 16.2. The quantitative estimate of drug-likeness (QED) is 0.752. The van der Waals surface area contributed by atoms with E-state index < -0.39 is 11.3 Å². The van der Waals surface area contributed by atoms with Crippen molar-refractivity contribution in [1.29, 1.82) is 0 Å². The molecule has 0 aliphatic carbocycles. The molecule has 3 heterocycles. The van der Waals surface area contributed by atoms with Crippen molar-refractivity contribution in [2.45, 2.75) is 13.5 Å². The summed E-state index contributed by atoms with van der Waals surface area (Å²) in [5.74, 6) is -0.0655. The van der Waals surface area contributed by atoms with Gasteiger partial charge in [-0.15, -0.1) is 0 Å². The van der Waals surface area contributed by atoms with E-state index in [9.17, 15) is 9.59 Å². The normalized spacial score (nSPS) is 10.7. The molecular formula is C16H15N3O3S. The summed E-state index contributed by atoms with van der Waals surface area (Å²) in [6.07, 6.45) is 1.41. The van der Waals surface area contributed by atoms with Crippen molar-refractivity contribution in [1.82, 2.24) is 15.3 Å². The van der Waals surface area contributed by atoms with Crippen molar-refractivity contribution >= 4 is 28.3 Å². The van der Waals surface area contributed by atoms with Crippen LogP contribution in [-0.4, -0.2) is 22.5 Å². The van der Waals surface area contributed by atoms with Gasteiger partial charge in [-0.25, -0.2) is 4.98 Å². The molecule has 0 fully saturated rings. The Bertz CT molecular complexity index is 887. The molecule has 0 radical (unpaired) electrons. The van der Waals surface area contributed by atoms with Crippen LogP contribution in [0.15, 0.2) is 40.0 Å². The summed E-state index contributed by atoms with van der Waals surface area (Å²) < 4.78 is 5.30. The number of fused-ring (bicyclic) bond motifs is 1. The van der Waals surface area contributed by atoms with E-state index in [-0.39, 0.29) is 11.1 Å². The van der Waals surface area contributed by atoms with Crippen LogP contribution in [0.5, 0.6) is 5.88 Å². The number of H-pyrrole nitrogens is 1. The molecular weight excluding hydrogens is 314 g/mol. The Morgan fingerprint density at radius 3 is 3.00 bits per heavy atom. The first kappa shape index (κ1) is 15.2. The van der Waals surface area contributed by atoms with E-state index in [2.05, 4.69) is 15.3 Å².